The van der Waals surface area contributed by atoms with Gasteiger partial charge in [-0.3, -0.25) is 4.79 Å². The first-order valence-electron chi connectivity index (χ1n) is 5.92. The molecule has 0 radical (unpaired) electrons. The summed E-state index contributed by atoms with van der Waals surface area (Å²) in [6.07, 6.45) is -4.51. The van der Waals surface area contributed by atoms with Crippen molar-refractivity contribution in [1.29, 1.82) is 0 Å². The van der Waals surface area contributed by atoms with Crippen LogP contribution in [-0.2, 0) is 12.6 Å². The molecule has 2 rings (SSSR count). The highest BCUT2D eigenvalue weighted by atomic mass is 19.4. The van der Waals surface area contributed by atoms with Crippen molar-refractivity contribution in [1.82, 2.24) is 0 Å². The monoisotopic (exact) mass is 279 g/mol. The third-order valence-corrected chi connectivity index (χ3v) is 2.97. The largest absolute Gasteiger partial charge is 0.416 e. The maximum Gasteiger partial charge on any atom is 0.416 e. The van der Waals surface area contributed by atoms with Gasteiger partial charge in [-0.1, -0.05) is 36.4 Å². The predicted molar refractivity (Wildman–Crippen MR) is 69.2 cm³/mol. The lowest BCUT2D eigenvalue weighted by Gasteiger charge is -2.15. The van der Waals surface area contributed by atoms with Crippen LogP contribution in [0.3, 0.4) is 0 Å². The van der Waals surface area contributed by atoms with Gasteiger partial charge in [0.1, 0.15) is 0 Å². The summed E-state index contributed by atoms with van der Waals surface area (Å²) >= 11 is 0. The Hall–Kier alpha value is -2.30. The average molecular weight is 279 g/mol. The zero-order valence-corrected chi connectivity index (χ0v) is 10.4. The molecule has 2 aromatic carbocycles. The number of carbonyl (C=O) groups is 1. The van der Waals surface area contributed by atoms with Crippen LogP contribution in [0.1, 0.15) is 27.0 Å². The van der Waals surface area contributed by atoms with Crippen LogP contribution in [0.5, 0.6) is 0 Å². The van der Waals surface area contributed by atoms with Crippen LogP contribution in [0.4, 0.5) is 13.2 Å². The minimum absolute atomic E-state index is 0.00873. The van der Waals surface area contributed by atoms with Gasteiger partial charge in [-0.15, -0.1) is 0 Å². The van der Waals surface area contributed by atoms with Gasteiger partial charge >= 0.3 is 6.18 Å². The molecular formula is C15H12F3NO. The van der Waals surface area contributed by atoms with E-state index in [2.05, 4.69) is 0 Å². The molecule has 0 saturated carbocycles. The molecule has 0 aromatic heterocycles. The van der Waals surface area contributed by atoms with Crippen molar-refractivity contribution in [3.8, 4) is 0 Å². The summed E-state index contributed by atoms with van der Waals surface area (Å²) in [5.74, 6) is -0.859. The molecule has 0 heterocycles. The van der Waals surface area contributed by atoms with Gasteiger partial charge < -0.3 is 5.73 Å². The van der Waals surface area contributed by atoms with Crippen LogP contribution >= 0.6 is 0 Å². The van der Waals surface area contributed by atoms with Gasteiger partial charge in [0.15, 0.2) is 0 Å². The van der Waals surface area contributed by atoms with Crippen molar-refractivity contribution in [3.05, 3.63) is 70.8 Å². The molecule has 2 N–H and O–H groups in total. The Morgan fingerprint density at radius 1 is 1.00 bits per heavy atom. The van der Waals surface area contributed by atoms with Gasteiger partial charge in [0.05, 0.1) is 5.56 Å². The molecule has 1 amide bonds. The number of nitrogens with two attached hydrogens (primary N) is 1. The fraction of sp³-hybridized carbons (Fsp3) is 0.133. The van der Waals surface area contributed by atoms with Crippen molar-refractivity contribution in [2.75, 3.05) is 0 Å². The number of carbonyl (C=O) groups excluding carboxylic acids is 1. The van der Waals surface area contributed by atoms with Crippen molar-refractivity contribution in [2.24, 2.45) is 5.73 Å². The summed E-state index contributed by atoms with van der Waals surface area (Å²) in [7, 11) is 0. The van der Waals surface area contributed by atoms with Crippen molar-refractivity contribution in [3.63, 3.8) is 0 Å². The number of alkyl halides is 3. The van der Waals surface area contributed by atoms with Crippen LogP contribution < -0.4 is 5.73 Å². The number of amides is 1. The molecule has 0 aliphatic carbocycles. The van der Waals surface area contributed by atoms with E-state index in [-0.39, 0.29) is 17.5 Å². The fourth-order valence-corrected chi connectivity index (χ4v) is 2.07. The summed E-state index contributed by atoms with van der Waals surface area (Å²) in [4.78, 5) is 11.3. The van der Waals surface area contributed by atoms with E-state index >= 15 is 0 Å². The van der Waals surface area contributed by atoms with Crippen LogP contribution in [0.15, 0.2) is 48.5 Å². The highest BCUT2D eigenvalue weighted by Crippen LogP contribution is 2.34. The Labute approximate surface area is 114 Å². The Morgan fingerprint density at radius 2 is 1.65 bits per heavy atom. The SMILES string of the molecule is NC(=O)c1cccc(C(F)(F)F)c1Cc1ccccc1. The summed E-state index contributed by atoms with van der Waals surface area (Å²) in [5, 5.41) is 0. The number of primary amides is 1. The summed E-state index contributed by atoms with van der Waals surface area (Å²) < 4.78 is 39.1. The van der Waals surface area contributed by atoms with Gasteiger partial charge in [0.2, 0.25) is 5.91 Å². The normalized spacial score (nSPS) is 11.3. The second-order valence-corrected chi connectivity index (χ2v) is 4.36. The molecule has 0 fully saturated rings. The van der Waals surface area contributed by atoms with Crippen molar-refractivity contribution >= 4 is 5.91 Å². The highest BCUT2D eigenvalue weighted by molar-refractivity contribution is 5.94. The Morgan fingerprint density at radius 3 is 2.20 bits per heavy atom. The zero-order chi connectivity index (χ0) is 14.8. The molecule has 20 heavy (non-hydrogen) atoms. The summed E-state index contributed by atoms with van der Waals surface area (Å²) in [5.41, 5.74) is 4.86. The third-order valence-electron chi connectivity index (χ3n) is 2.97. The maximum atomic E-state index is 13.0. The average Bonchev–Trinajstić information content (AvgIpc) is 2.38. The number of rotatable bonds is 3. The Kier molecular flexibility index (Phi) is 3.79. The lowest BCUT2D eigenvalue weighted by molar-refractivity contribution is -0.138. The molecule has 0 bridgehead atoms. The number of hydrogen-bond donors (Lipinski definition) is 1. The van der Waals surface area contributed by atoms with Crippen LogP contribution in [0.25, 0.3) is 0 Å². The fourth-order valence-electron chi connectivity index (χ4n) is 2.07. The van der Waals surface area contributed by atoms with E-state index in [1.807, 2.05) is 0 Å². The van der Waals surface area contributed by atoms with E-state index in [9.17, 15) is 18.0 Å². The molecule has 104 valence electrons. The zero-order valence-electron chi connectivity index (χ0n) is 10.4. The Bertz CT molecular complexity index is 621. The molecule has 0 saturated heterocycles. The third kappa shape index (κ3) is 2.99. The van der Waals surface area contributed by atoms with E-state index in [1.54, 1.807) is 30.3 Å². The van der Waals surface area contributed by atoms with Crippen LogP contribution in [0, 0.1) is 0 Å². The molecule has 0 aliphatic rings. The first-order chi connectivity index (χ1) is 9.39. The summed E-state index contributed by atoms with van der Waals surface area (Å²) in [6, 6.07) is 12.1. The van der Waals surface area contributed by atoms with Gasteiger partial charge in [-0.05, 0) is 29.7 Å². The molecule has 5 heteroatoms. The predicted octanol–water partition coefficient (Wildman–Crippen LogP) is 3.40. The molecule has 0 spiro atoms. The number of halogens is 3. The first-order valence-corrected chi connectivity index (χ1v) is 5.92. The van der Waals surface area contributed by atoms with Gasteiger partial charge in [0, 0.05) is 5.56 Å². The second kappa shape index (κ2) is 5.36. The topological polar surface area (TPSA) is 43.1 Å². The van der Waals surface area contributed by atoms with Crippen molar-refractivity contribution < 1.29 is 18.0 Å². The Balaban J connectivity index is 2.56. The minimum atomic E-state index is -4.52. The number of benzene rings is 2. The lowest BCUT2D eigenvalue weighted by Crippen LogP contribution is -2.18. The van der Waals surface area contributed by atoms with Crippen LogP contribution in [-0.4, -0.2) is 5.91 Å². The molecule has 0 unspecified atom stereocenters. The highest BCUT2D eigenvalue weighted by Gasteiger charge is 2.34. The minimum Gasteiger partial charge on any atom is -0.366 e. The number of hydrogen-bond acceptors (Lipinski definition) is 1. The quantitative estimate of drug-likeness (QED) is 0.919. The summed E-state index contributed by atoms with van der Waals surface area (Å²) in [6.45, 7) is 0. The van der Waals surface area contributed by atoms with E-state index in [0.29, 0.717) is 5.56 Å². The lowest BCUT2D eigenvalue weighted by atomic mass is 9.94. The molecular weight excluding hydrogens is 267 g/mol. The van der Waals surface area contributed by atoms with E-state index in [4.69, 9.17) is 5.73 Å². The molecule has 2 aromatic rings. The maximum absolute atomic E-state index is 13.0. The molecule has 0 atom stereocenters. The smallest absolute Gasteiger partial charge is 0.366 e. The van der Waals surface area contributed by atoms with Gasteiger partial charge in [-0.2, -0.15) is 13.2 Å². The first kappa shape index (κ1) is 14.1. The standard InChI is InChI=1S/C15H12F3NO/c16-15(17,18)13-8-4-7-11(14(19)20)12(13)9-10-5-2-1-3-6-10/h1-8H,9H2,(H2,19,20). The van der Waals surface area contributed by atoms with Crippen LogP contribution in [0.2, 0.25) is 0 Å². The van der Waals surface area contributed by atoms with E-state index < -0.39 is 17.6 Å². The second-order valence-electron chi connectivity index (χ2n) is 4.36. The molecule has 2 nitrogen and oxygen atoms in total. The van der Waals surface area contributed by atoms with Crippen molar-refractivity contribution in [2.45, 2.75) is 12.6 Å². The molecule has 0 aliphatic heterocycles. The van der Waals surface area contributed by atoms with Gasteiger partial charge in [-0.25, -0.2) is 0 Å². The van der Waals surface area contributed by atoms with E-state index in [1.165, 1.54) is 12.1 Å². The van der Waals surface area contributed by atoms with Gasteiger partial charge in [0.25, 0.3) is 0 Å². The van der Waals surface area contributed by atoms with E-state index in [0.717, 1.165) is 6.07 Å².